The third-order valence-corrected chi connectivity index (χ3v) is 4.09. The highest BCUT2D eigenvalue weighted by Gasteiger charge is 2.55. The summed E-state index contributed by atoms with van der Waals surface area (Å²) in [5.74, 6) is -1.06. The third-order valence-electron chi connectivity index (χ3n) is 4.09. The topological polar surface area (TPSA) is 99.5 Å². The number of urea groups is 1. The number of nitriles is 1. The van der Waals surface area contributed by atoms with Gasteiger partial charge in [0.2, 0.25) is 0 Å². The van der Waals surface area contributed by atoms with Gasteiger partial charge in [-0.05, 0) is 18.8 Å². The Balaban J connectivity index is 2.09. The zero-order valence-electron chi connectivity index (χ0n) is 11.3. The molecule has 1 aliphatic carbocycles. The molecule has 0 aromatic carbocycles. The van der Waals surface area contributed by atoms with E-state index in [1.807, 2.05) is 6.92 Å². The average molecular weight is 279 g/mol. The second-order valence-electron chi connectivity index (χ2n) is 5.26. The van der Waals surface area contributed by atoms with E-state index in [0.29, 0.717) is 6.42 Å². The standard InChI is InChI=1S/C13H17N3O4/c1-9-4-2-3-5-13(9)11(18)16(12(19)15-13)8-10(17)20-7-6-14/h9H,2-5,7-8H2,1H3,(H,15,19). The van der Waals surface area contributed by atoms with Crippen LogP contribution in [-0.2, 0) is 14.3 Å². The highest BCUT2D eigenvalue weighted by Crippen LogP contribution is 2.38. The van der Waals surface area contributed by atoms with Crippen molar-refractivity contribution in [3.8, 4) is 6.07 Å². The number of carbonyl (C=O) groups is 3. The monoisotopic (exact) mass is 279 g/mol. The highest BCUT2D eigenvalue weighted by molar-refractivity contribution is 6.08. The quantitative estimate of drug-likeness (QED) is 0.601. The van der Waals surface area contributed by atoms with Gasteiger partial charge in [-0.15, -0.1) is 0 Å². The number of nitrogens with one attached hydrogen (secondary N) is 1. The number of rotatable bonds is 3. The smallest absolute Gasteiger partial charge is 0.327 e. The third kappa shape index (κ3) is 2.33. The highest BCUT2D eigenvalue weighted by atomic mass is 16.5. The molecule has 1 aliphatic heterocycles. The van der Waals surface area contributed by atoms with E-state index in [0.717, 1.165) is 24.2 Å². The van der Waals surface area contributed by atoms with Gasteiger partial charge in [0.15, 0.2) is 6.61 Å². The minimum atomic E-state index is -0.870. The van der Waals surface area contributed by atoms with E-state index in [2.05, 4.69) is 10.1 Å². The van der Waals surface area contributed by atoms with Crippen LogP contribution in [-0.4, -0.2) is 41.5 Å². The van der Waals surface area contributed by atoms with Crippen molar-refractivity contribution in [2.45, 2.75) is 38.1 Å². The number of esters is 1. The Bertz CT molecular complexity index is 484. The first-order chi connectivity index (χ1) is 9.51. The Hall–Kier alpha value is -2.10. The molecule has 1 saturated heterocycles. The van der Waals surface area contributed by atoms with Crippen molar-refractivity contribution in [2.75, 3.05) is 13.2 Å². The minimum absolute atomic E-state index is 0.0489. The zero-order valence-corrected chi connectivity index (χ0v) is 11.3. The van der Waals surface area contributed by atoms with E-state index in [9.17, 15) is 14.4 Å². The number of imide groups is 1. The van der Waals surface area contributed by atoms with Crippen LogP contribution in [0.5, 0.6) is 0 Å². The van der Waals surface area contributed by atoms with Gasteiger partial charge in [-0.3, -0.25) is 14.5 Å². The summed E-state index contributed by atoms with van der Waals surface area (Å²) >= 11 is 0. The molecule has 1 N–H and O–H groups in total. The molecule has 2 rings (SSSR count). The van der Waals surface area contributed by atoms with Gasteiger partial charge in [-0.25, -0.2) is 4.79 Å². The van der Waals surface area contributed by atoms with Gasteiger partial charge in [0, 0.05) is 0 Å². The molecule has 0 radical (unpaired) electrons. The van der Waals surface area contributed by atoms with E-state index >= 15 is 0 Å². The molecule has 2 unspecified atom stereocenters. The zero-order chi connectivity index (χ0) is 14.8. The summed E-state index contributed by atoms with van der Waals surface area (Å²) in [6, 6.07) is 1.11. The van der Waals surface area contributed by atoms with Crippen LogP contribution >= 0.6 is 0 Å². The van der Waals surface area contributed by atoms with Crippen molar-refractivity contribution in [1.82, 2.24) is 10.2 Å². The summed E-state index contributed by atoms with van der Waals surface area (Å²) in [5, 5.41) is 11.1. The van der Waals surface area contributed by atoms with Gasteiger partial charge in [0.1, 0.15) is 18.2 Å². The molecule has 108 valence electrons. The van der Waals surface area contributed by atoms with Gasteiger partial charge in [-0.2, -0.15) is 5.26 Å². The van der Waals surface area contributed by atoms with Crippen LogP contribution in [0.2, 0.25) is 0 Å². The minimum Gasteiger partial charge on any atom is -0.449 e. The Kier molecular flexibility index (Phi) is 3.93. The van der Waals surface area contributed by atoms with Gasteiger partial charge in [-0.1, -0.05) is 19.8 Å². The number of hydrogen-bond acceptors (Lipinski definition) is 5. The molecule has 3 amide bonds. The molecule has 2 fully saturated rings. The number of ether oxygens (including phenoxy) is 1. The maximum atomic E-state index is 12.5. The van der Waals surface area contributed by atoms with E-state index in [1.165, 1.54) is 0 Å². The number of nitrogens with zero attached hydrogens (tertiary/aromatic N) is 2. The SMILES string of the molecule is CC1CCCCC12NC(=O)N(CC(=O)OCC#N)C2=O. The molecule has 7 nitrogen and oxygen atoms in total. The maximum Gasteiger partial charge on any atom is 0.327 e. The molecule has 0 aromatic rings. The first kappa shape index (κ1) is 14.3. The molecule has 2 aliphatic rings. The van der Waals surface area contributed by atoms with Crippen molar-refractivity contribution < 1.29 is 19.1 Å². The number of carbonyl (C=O) groups excluding carboxylic acids is 3. The predicted molar refractivity (Wildman–Crippen MR) is 67.2 cm³/mol. The normalized spacial score (nSPS) is 29.2. The lowest BCUT2D eigenvalue weighted by atomic mass is 9.73. The number of amides is 3. The predicted octanol–water partition coefficient (Wildman–Crippen LogP) is 0.554. The Morgan fingerprint density at radius 1 is 1.55 bits per heavy atom. The van der Waals surface area contributed by atoms with Crippen LogP contribution in [0.3, 0.4) is 0 Å². The molecular formula is C13H17N3O4. The molecular weight excluding hydrogens is 262 g/mol. The molecule has 20 heavy (non-hydrogen) atoms. The fourth-order valence-corrected chi connectivity index (χ4v) is 2.93. The molecule has 1 heterocycles. The fourth-order valence-electron chi connectivity index (χ4n) is 2.93. The largest absolute Gasteiger partial charge is 0.449 e. The first-order valence-corrected chi connectivity index (χ1v) is 6.68. The molecule has 0 bridgehead atoms. The summed E-state index contributed by atoms with van der Waals surface area (Å²) in [5.41, 5.74) is -0.870. The van der Waals surface area contributed by atoms with Gasteiger partial charge < -0.3 is 10.1 Å². The van der Waals surface area contributed by atoms with Crippen LogP contribution in [0.4, 0.5) is 4.79 Å². The lowest BCUT2D eigenvalue weighted by Crippen LogP contribution is -2.54. The first-order valence-electron chi connectivity index (χ1n) is 6.68. The molecule has 7 heteroatoms. The van der Waals surface area contributed by atoms with Gasteiger partial charge >= 0.3 is 12.0 Å². The van der Waals surface area contributed by atoms with Crippen molar-refractivity contribution in [1.29, 1.82) is 5.26 Å². The summed E-state index contributed by atoms with van der Waals surface area (Å²) in [6.07, 6.45) is 3.39. The van der Waals surface area contributed by atoms with Crippen molar-refractivity contribution in [3.63, 3.8) is 0 Å². The summed E-state index contributed by atoms with van der Waals surface area (Å²) in [6.45, 7) is 1.11. The summed E-state index contributed by atoms with van der Waals surface area (Å²) < 4.78 is 4.58. The van der Waals surface area contributed by atoms with Crippen LogP contribution in [0.15, 0.2) is 0 Å². The van der Waals surface area contributed by atoms with E-state index in [4.69, 9.17) is 5.26 Å². The van der Waals surface area contributed by atoms with Crippen LogP contribution in [0.1, 0.15) is 32.6 Å². The average Bonchev–Trinajstić information content (AvgIpc) is 2.65. The fraction of sp³-hybridized carbons (Fsp3) is 0.692. The van der Waals surface area contributed by atoms with Crippen LogP contribution in [0.25, 0.3) is 0 Å². The van der Waals surface area contributed by atoms with Crippen LogP contribution < -0.4 is 5.32 Å². The second-order valence-corrected chi connectivity index (χ2v) is 5.26. The number of hydrogen-bond donors (Lipinski definition) is 1. The van der Waals surface area contributed by atoms with Gasteiger partial charge in [0.05, 0.1) is 0 Å². The Morgan fingerprint density at radius 3 is 2.95 bits per heavy atom. The Morgan fingerprint density at radius 2 is 2.30 bits per heavy atom. The van der Waals surface area contributed by atoms with Crippen LogP contribution in [0, 0.1) is 17.2 Å². The maximum absolute atomic E-state index is 12.5. The van der Waals surface area contributed by atoms with Crippen molar-refractivity contribution in [3.05, 3.63) is 0 Å². The Labute approximate surface area is 116 Å². The second kappa shape index (κ2) is 5.49. The lowest BCUT2D eigenvalue weighted by Gasteiger charge is -2.36. The molecule has 0 aromatic heterocycles. The molecule has 1 saturated carbocycles. The van der Waals surface area contributed by atoms with E-state index < -0.39 is 24.1 Å². The lowest BCUT2D eigenvalue weighted by molar-refractivity contribution is -0.147. The summed E-state index contributed by atoms with van der Waals surface area (Å²) in [7, 11) is 0. The van der Waals surface area contributed by atoms with E-state index in [-0.39, 0.29) is 18.4 Å². The van der Waals surface area contributed by atoms with Gasteiger partial charge in [0.25, 0.3) is 5.91 Å². The van der Waals surface area contributed by atoms with E-state index in [1.54, 1.807) is 6.07 Å². The van der Waals surface area contributed by atoms with Crippen molar-refractivity contribution >= 4 is 17.9 Å². The molecule has 1 spiro atoms. The summed E-state index contributed by atoms with van der Waals surface area (Å²) in [4.78, 5) is 36.8. The van der Waals surface area contributed by atoms with Crippen molar-refractivity contribution in [2.24, 2.45) is 5.92 Å². The molecule has 2 atom stereocenters.